The molecule has 1 heterocycles. The molecule has 21 heavy (non-hydrogen) atoms. The fourth-order valence-electron chi connectivity index (χ4n) is 3.39. The van der Waals surface area contributed by atoms with Crippen molar-refractivity contribution in [1.29, 1.82) is 0 Å². The second-order valence-electron chi connectivity index (χ2n) is 5.88. The molecule has 0 bridgehead atoms. The number of rotatable bonds is 2. The second kappa shape index (κ2) is 5.06. The Labute approximate surface area is 124 Å². The van der Waals surface area contributed by atoms with E-state index in [2.05, 4.69) is 5.32 Å². The van der Waals surface area contributed by atoms with E-state index < -0.39 is 5.54 Å². The van der Waals surface area contributed by atoms with Gasteiger partial charge in [0.1, 0.15) is 17.8 Å². The number of piperazine rings is 1. The van der Waals surface area contributed by atoms with Crippen molar-refractivity contribution in [3.63, 3.8) is 0 Å². The molecule has 2 fully saturated rings. The Hall–Kier alpha value is -2.04. The third kappa shape index (κ3) is 2.26. The van der Waals surface area contributed by atoms with Gasteiger partial charge in [-0.05, 0) is 43.5 Å². The van der Waals surface area contributed by atoms with Crippen LogP contribution in [0, 0.1) is 6.92 Å². The molecule has 1 aromatic rings. The van der Waals surface area contributed by atoms with Crippen molar-refractivity contribution in [2.45, 2.75) is 38.1 Å². The van der Waals surface area contributed by atoms with E-state index >= 15 is 0 Å². The number of hydrogen-bond acceptors (Lipinski definition) is 3. The van der Waals surface area contributed by atoms with Gasteiger partial charge in [0.25, 0.3) is 5.91 Å². The molecule has 1 spiro atoms. The first-order chi connectivity index (χ1) is 10.1. The van der Waals surface area contributed by atoms with E-state index in [0.717, 1.165) is 42.7 Å². The van der Waals surface area contributed by atoms with Gasteiger partial charge in [-0.15, -0.1) is 0 Å². The highest BCUT2D eigenvalue weighted by Crippen LogP contribution is 2.35. The maximum atomic E-state index is 12.8. The zero-order chi connectivity index (χ0) is 15.0. The number of nitrogens with one attached hydrogen (secondary N) is 1. The SMILES string of the molecule is COc1ccc(N2CC(=O)NC3(CCCC3)C2=O)cc1C. The number of amides is 2. The van der Waals surface area contributed by atoms with Crippen LogP contribution in [0.25, 0.3) is 0 Å². The third-order valence-electron chi connectivity index (χ3n) is 4.48. The summed E-state index contributed by atoms with van der Waals surface area (Å²) in [5, 5.41) is 2.92. The van der Waals surface area contributed by atoms with Gasteiger partial charge >= 0.3 is 0 Å². The Balaban J connectivity index is 1.95. The summed E-state index contributed by atoms with van der Waals surface area (Å²) in [4.78, 5) is 26.5. The van der Waals surface area contributed by atoms with Crippen LogP contribution in [0.2, 0.25) is 0 Å². The van der Waals surface area contributed by atoms with Gasteiger partial charge in [0.2, 0.25) is 5.91 Å². The molecule has 112 valence electrons. The molecule has 1 aliphatic carbocycles. The maximum Gasteiger partial charge on any atom is 0.253 e. The number of carbonyl (C=O) groups is 2. The van der Waals surface area contributed by atoms with Crippen LogP contribution in [0.4, 0.5) is 5.69 Å². The molecule has 0 aromatic heterocycles. The lowest BCUT2D eigenvalue weighted by atomic mass is 9.92. The number of benzene rings is 1. The van der Waals surface area contributed by atoms with Gasteiger partial charge in [0.15, 0.2) is 0 Å². The molecule has 0 unspecified atom stereocenters. The van der Waals surface area contributed by atoms with Crippen molar-refractivity contribution in [3.8, 4) is 5.75 Å². The van der Waals surface area contributed by atoms with Crippen LogP contribution >= 0.6 is 0 Å². The molecule has 2 aliphatic rings. The van der Waals surface area contributed by atoms with Crippen molar-refractivity contribution in [2.75, 3.05) is 18.6 Å². The standard InChI is InChI=1S/C16H20N2O3/c1-11-9-12(5-6-13(11)21-2)18-10-14(19)17-16(15(18)20)7-3-4-8-16/h5-6,9H,3-4,7-8,10H2,1-2H3,(H,17,19). The van der Waals surface area contributed by atoms with Crippen LogP contribution in [-0.2, 0) is 9.59 Å². The van der Waals surface area contributed by atoms with Crippen LogP contribution in [0.15, 0.2) is 18.2 Å². The third-order valence-corrected chi connectivity index (χ3v) is 4.48. The van der Waals surface area contributed by atoms with Crippen LogP contribution in [0.1, 0.15) is 31.2 Å². The summed E-state index contributed by atoms with van der Waals surface area (Å²) in [6, 6.07) is 5.58. The largest absolute Gasteiger partial charge is 0.496 e. The summed E-state index contributed by atoms with van der Waals surface area (Å²) in [6.07, 6.45) is 3.45. The normalized spacial score (nSPS) is 20.8. The summed E-state index contributed by atoms with van der Waals surface area (Å²) < 4.78 is 5.25. The molecule has 5 heteroatoms. The van der Waals surface area contributed by atoms with E-state index in [1.165, 1.54) is 0 Å². The van der Waals surface area contributed by atoms with Crippen molar-refractivity contribution < 1.29 is 14.3 Å². The average Bonchev–Trinajstić information content (AvgIpc) is 2.92. The summed E-state index contributed by atoms with van der Waals surface area (Å²) in [5.74, 6) is 0.720. The predicted octanol–water partition coefficient (Wildman–Crippen LogP) is 1.78. The van der Waals surface area contributed by atoms with Gasteiger partial charge < -0.3 is 15.0 Å². The molecule has 0 atom stereocenters. The highest BCUT2D eigenvalue weighted by molar-refractivity contribution is 6.09. The maximum absolute atomic E-state index is 12.8. The summed E-state index contributed by atoms with van der Waals surface area (Å²) in [6.45, 7) is 2.02. The molecular weight excluding hydrogens is 268 g/mol. The minimum absolute atomic E-state index is 0.0177. The van der Waals surface area contributed by atoms with E-state index in [0.29, 0.717) is 0 Å². The highest BCUT2D eigenvalue weighted by atomic mass is 16.5. The fourth-order valence-corrected chi connectivity index (χ4v) is 3.39. The molecule has 3 rings (SSSR count). The number of anilines is 1. The predicted molar refractivity (Wildman–Crippen MR) is 79.4 cm³/mol. The molecule has 0 radical (unpaired) electrons. The highest BCUT2D eigenvalue weighted by Gasteiger charge is 2.48. The molecule has 1 saturated heterocycles. The van der Waals surface area contributed by atoms with Gasteiger partial charge in [-0.25, -0.2) is 0 Å². The van der Waals surface area contributed by atoms with Gasteiger partial charge in [0.05, 0.1) is 7.11 Å². The number of hydrogen-bond donors (Lipinski definition) is 1. The Bertz CT molecular complexity index is 591. The molecular formula is C16H20N2O3. The van der Waals surface area contributed by atoms with Crippen molar-refractivity contribution >= 4 is 17.5 Å². The molecule has 1 N–H and O–H groups in total. The lowest BCUT2D eigenvalue weighted by molar-refractivity contribution is -0.135. The minimum Gasteiger partial charge on any atom is -0.496 e. The van der Waals surface area contributed by atoms with E-state index in [1.807, 2.05) is 25.1 Å². The first-order valence-electron chi connectivity index (χ1n) is 7.33. The second-order valence-corrected chi connectivity index (χ2v) is 5.88. The Morgan fingerprint density at radius 3 is 2.57 bits per heavy atom. The lowest BCUT2D eigenvalue weighted by Crippen LogP contribution is -2.65. The van der Waals surface area contributed by atoms with Crippen LogP contribution in [0.5, 0.6) is 5.75 Å². The van der Waals surface area contributed by atoms with Crippen LogP contribution < -0.4 is 15.0 Å². The summed E-state index contributed by atoms with van der Waals surface area (Å²) >= 11 is 0. The zero-order valence-corrected chi connectivity index (χ0v) is 12.4. The zero-order valence-electron chi connectivity index (χ0n) is 12.4. The van der Waals surface area contributed by atoms with E-state index in [-0.39, 0.29) is 18.4 Å². The molecule has 2 amide bonds. The van der Waals surface area contributed by atoms with Crippen LogP contribution in [-0.4, -0.2) is 31.0 Å². The summed E-state index contributed by atoms with van der Waals surface area (Å²) in [7, 11) is 1.62. The smallest absolute Gasteiger partial charge is 0.253 e. The number of methoxy groups -OCH3 is 1. The molecule has 1 saturated carbocycles. The molecule has 1 aromatic carbocycles. The minimum atomic E-state index is -0.677. The fraction of sp³-hybridized carbons (Fsp3) is 0.500. The Kier molecular flexibility index (Phi) is 3.35. The number of nitrogens with zero attached hydrogens (tertiary/aromatic N) is 1. The van der Waals surface area contributed by atoms with Crippen molar-refractivity contribution in [1.82, 2.24) is 5.32 Å². The van der Waals surface area contributed by atoms with E-state index in [9.17, 15) is 9.59 Å². The molecule has 5 nitrogen and oxygen atoms in total. The van der Waals surface area contributed by atoms with Gasteiger partial charge in [-0.1, -0.05) is 12.8 Å². The lowest BCUT2D eigenvalue weighted by Gasteiger charge is -2.39. The number of carbonyl (C=O) groups excluding carboxylic acids is 2. The summed E-state index contributed by atoms with van der Waals surface area (Å²) in [5.41, 5.74) is 1.04. The molecule has 1 aliphatic heterocycles. The quantitative estimate of drug-likeness (QED) is 0.902. The first-order valence-corrected chi connectivity index (χ1v) is 7.33. The van der Waals surface area contributed by atoms with Gasteiger partial charge in [-0.2, -0.15) is 0 Å². The first kappa shape index (κ1) is 13.9. The van der Waals surface area contributed by atoms with Crippen LogP contribution in [0.3, 0.4) is 0 Å². The number of aryl methyl sites for hydroxylation is 1. The van der Waals surface area contributed by atoms with Gasteiger partial charge in [0, 0.05) is 5.69 Å². The Morgan fingerprint density at radius 2 is 1.95 bits per heavy atom. The van der Waals surface area contributed by atoms with Crippen molar-refractivity contribution in [3.05, 3.63) is 23.8 Å². The monoisotopic (exact) mass is 288 g/mol. The van der Waals surface area contributed by atoms with Gasteiger partial charge in [-0.3, -0.25) is 9.59 Å². The van der Waals surface area contributed by atoms with E-state index in [4.69, 9.17) is 4.74 Å². The Morgan fingerprint density at radius 1 is 1.24 bits per heavy atom. The average molecular weight is 288 g/mol. The number of ether oxygens (including phenoxy) is 1. The van der Waals surface area contributed by atoms with E-state index in [1.54, 1.807) is 12.0 Å². The van der Waals surface area contributed by atoms with Crippen molar-refractivity contribution in [2.24, 2.45) is 0 Å². The topological polar surface area (TPSA) is 58.6 Å².